The van der Waals surface area contributed by atoms with Crippen LogP contribution in [0.15, 0.2) is 20.0 Å². The van der Waals surface area contributed by atoms with Crippen molar-refractivity contribution in [3.63, 3.8) is 0 Å². The highest BCUT2D eigenvalue weighted by Gasteiger charge is 2.30. The first-order valence-electron chi connectivity index (χ1n) is 5.83. The molecule has 11 heteroatoms. The van der Waals surface area contributed by atoms with Gasteiger partial charge < -0.3 is 9.52 Å². The first-order valence-corrected chi connectivity index (χ1v) is 9.93. The second-order valence-electron chi connectivity index (χ2n) is 4.67. The average Bonchev–Trinajstić information content (AvgIpc) is 2.90. The molecule has 2 N–H and O–H groups in total. The summed E-state index contributed by atoms with van der Waals surface area (Å²) in [5.74, 6) is -2.18. The molecule has 1 aliphatic heterocycles. The van der Waals surface area contributed by atoms with Crippen LogP contribution in [0.4, 0.5) is 0 Å². The number of carbonyl (C=O) groups is 1. The van der Waals surface area contributed by atoms with E-state index in [4.69, 9.17) is 9.52 Å². The maximum atomic E-state index is 12.1. The maximum Gasteiger partial charge on any atom is 0.371 e. The lowest BCUT2D eigenvalue weighted by atomic mass is 10.1. The Balaban J connectivity index is 2.10. The fraction of sp³-hybridized carbons (Fsp3) is 0.500. The van der Waals surface area contributed by atoms with Crippen LogP contribution in [0.3, 0.4) is 0 Å². The van der Waals surface area contributed by atoms with Crippen LogP contribution in [0, 0.1) is 5.92 Å². The summed E-state index contributed by atoms with van der Waals surface area (Å²) in [6, 6.07) is 0.889. The standard InChI is InChI=1S/C10H12BrNO7S2/c11-9-8(3-7(19-9)10(13)14)21(17,18)12-4-6-1-2-20(15,16)5-6/h3,6,12H,1-2,4-5H2,(H,13,14). The summed E-state index contributed by atoms with van der Waals surface area (Å²) in [7, 11) is -7.06. The van der Waals surface area contributed by atoms with Gasteiger partial charge in [0.25, 0.3) is 0 Å². The molecule has 0 aliphatic carbocycles. The maximum absolute atomic E-state index is 12.1. The molecule has 0 radical (unpaired) electrons. The number of carboxylic acids is 1. The van der Waals surface area contributed by atoms with E-state index in [-0.39, 0.29) is 33.5 Å². The van der Waals surface area contributed by atoms with E-state index in [1.54, 1.807) is 0 Å². The van der Waals surface area contributed by atoms with Crippen LogP contribution >= 0.6 is 15.9 Å². The van der Waals surface area contributed by atoms with Crippen molar-refractivity contribution in [2.24, 2.45) is 5.92 Å². The number of aromatic carboxylic acids is 1. The predicted molar refractivity (Wildman–Crippen MR) is 75.3 cm³/mol. The second-order valence-corrected chi connectivity index (χ2v) is 9.36. The number of hydrogen-bond acceptors (Lipinski definition) is 6. The third kappa shape index (κ3) is 3.84. The summed E-state index contributed by atoms with van der Waals surface area (Å²) in [6.07, 6.45) is 0.401. The van der Waals surface area contributed by atoms with Gasteiger partial charge in [0.15, 0.2) is 14.5 Å². The van der Waals surface area contributed by atoms with Crippen molar-refractivity contribution in [1.82, 2.24) is 4.72 Å². The molecule has 2 heterocycles. The predicted octanol–water partition coefficient (Wildman–Crippen LogP) is 0.453. The fourth-order valence-corrected chi connectivity index (χ4v) is 5.89. The summed E-state index contributed by atoms with van der Waals surface area (Å²) < 4.78 is 53.6. The highest BCUT2D eigenvalue weighted by atomic mass is 79.9. The van der Waals surface area contributed by atoms with Crippen molar-refractivity contribution in [3.05, 3.63) is 16.5 Å². The topological polar surface area (TPSA) is 131 Å². The molecule has 0 bridgehead atoms. The van der Waals surface area contributed by atoms with Gasteiger partial charge in [0, 0.05) is 12.6 Å². The number of furan rings is 1. The minimum Gasteiger partial charge on any atom is -0.475 e. The molecule has 0 aromatic carbocycles. The Morgan fingerprint density at radius 1 is 1.52 bits per heavy atom. The van der Waals surface area contributed by atoms with E-state index in [1.807, 2.05) is 0 Å². The lowest BCUT2D eigenvalue weighted by molar-refractivity contribution is 0.0661. The Bertz CT molecular complexity index is 765. The average molecular weight is 402 g/mol. The van der Waals surface area contributed by atoms with Gasteiger partial charge in [-0.05, 0) is 28.3 Å². The second kappa shape index (κ2) is 5.71. The molecular formula is C10H12BrNO7S2. The lowest BCUT2D eigenvalue weighted by Gasteiger charge is -2.09. The van der Waals surface area contributed by atoms with E-state index >= 15 is 0 Å². The minimum absolute atomic E-state index is 0.0262. The van der Waals surface area contributed by atoms with E-state index in [9.17, 15) is 21.6 Å². The Morgan fingerprint density at radius 3 is 2.67 bits per heavy atom. The van der Waals surface area contributed by atoms with Crippen LogP contribution < -0.4 is 4.72 Å². The Kier molecular flexibility index (Phi) is 4.47. The van der Waals surface area contributed by atoms with Gasteiger partial charge in [-0.25, -0.2) is 26.4 Å². The van der Waals surface area contributed by atoms with E-state index in [2.05, 4.69) is 20.7 Å². The molecule has 21 heavy (non-hydrogen) atoms. The number of halogens is 1. The Morgan fingerprint density at radius 2 is 2.19 bits per heavy atom. The van der Waals surface area contributed by atoms with Crippen molar-refractivity contribution in [2.45, 2.75) is 11.3 Å². The largest absolute Gasteiger partial charge is 0.475 e. The van der Waals surface area contributed by atoms with E-state index in [1.165, 1.54) is 0 Å². The van der Waals surface area contributed by atoms with Gasteiger partial charge in [0.05, 0.1) is 11.5 Å². The monoisotopic (exact) mass is 401 g/mol. The SMILES string of the molecule is O=C(O)c1cc(S(=O)(=O)NCC2CCS(=O)(=O)C2)c(Br)o1. The number of hydrogen-bond donors (Lipinski definition) is 2. The number of sulfonamides is 1. The molecular weight excluding hydrogens is 390 g/mol. The van der Waals surface area contributed by atoms with Gasteiger partial charge in [0.1, 0.15) is 4.90 Å². The van der Waals surface area contributed by atoms with E-state index in [0.717, 1.165) is 6.07 Å². The highest BCUT2D eigenvalue weighted by molar-refractivity contribution is 9.10. The third-order valence-corrected chi connectivity index (χ3v) is 7.16. The summed E-state index contributed by atoms with van der Waals surface area (Å²) in [5.41, 5.74) is 0. The zero-order valence-corrected chi connectivity index (χ0v) is 13.8. The van der Waals surface area contributed by atoms with Gasteiger partial charge in [-0.3, -0.25) is 0 Å². The number of carboxylic acid groups (broad SMARTS) is 1. The zero-order chi connectivity index (χ0) is 15.8. The first kappa shape index (κ1) is 16.5. The van der Waals surface area contributed by atoms with Crippen LogP contribution in [0.25, 0.3) is 0 Å². The molecule has 2 rings (SSSR count). The normalized spacial score (nSPS) is 21.5. The lowest BCUT2D eigenvalue weighted by Crippen LogP contribution is -2.29. The van der Waals surface area contributed by atoms with Gasteiger partial charge in [0.2, 0.25) is 15.8 Å². The minimum atomic E-state index is -3.98. The Hall–Kier alpha value is -0.910. The summed E-state index contributed by atoms with van der Waals surface area (Å²) in [6.45, 7) is -0.0262. The molecule has 118 valence electrons. The molecule has 1 fully saturated rings. The summed E-state index contributed by atoms with van der Waals surface area (Å²) >= 11 is 2.85. The zero-order valence-electron chi connectivity index (χ0n) is 10.6. The van der Waals surface area contributed by atoms with Crippen molar-refractivity contribution in [3.8, 4) is 0 Å². The van der Waals surface area contributed by atoms with Crippen LogP contribution in [-0.2, 0) is 19.9 Å². The van der Waals surface area contributed by atoms with Crippen molar-refractivity contribution in [1.29, 1.82) is 0 Å². The summed E-state index contributed by atoms with van der Waals surface area (Å²) in [5, 5.41) is 8.75. The van der Waals surface area contributed by atoms with Crippen molar-refractivity contribution in [2.75, 3.05) is 18.1 Å². The van der Waals surface area contributed by atoms with Crippen molar-refractivity contribution >= 4 is 41.8 Å². The fourth-order valence-electron chi connectivity index (χ4n) is 1.98. The highest BCUT2D eigenvalue weighted by Crippen LogP contribution is 2.26. The van der Waals surface area contributed by atoms with Crippen LogP contribution in [0.5, 0.6) is 0 Å². The van der Waals surface area contributed by atoms with Crippen LogP contribution in [0.1, 0.15) is 17.0 Å². The molecule has 0 amide bonds. The van der Waals surface area contributed by atoms with Gasteiger partial charge in [-0.1, -0.05) is 0 Å². The quantitative estimate of drug-likeness (QED) is 0.731. The molecule has 8 nitrogen and oxygen atoms in total. The molecule has 1 aliphatic rings. The number of sulfone groups is 1. The third-order valence-electron chi connectivity index (χ3n) is 3.04. The molecule has 1 aromatic rings. The molecule has 0 spiro atoms. The molecule has 0 saturated carbocycles. The van der Waals surface area contributed by atoms with Crippen molar-refractivity contribution < 1.29 is 31.2 Å². The molecule has 1 unspecified atom stereocenters. The number of nitrogens with one attached hydrogen (secondary N) is 1. The molecule has 1 aromatic heterocycles. The van der Waals surface area contributed by atoms with Crippen LogP contribution in [0.2, 0.25) is 0 Å². The molecule has 1 saturated heterocycles. The number of rotatable bonds is 5. The van der Waals surface area contributed by atoms with E-state index in [0.29, 0.717) is 6.42 Å². The summed E-state index contributed by atoms with van der Waals surface area (Å²) in [4.78, 5) is 10.4. The van der Waals surface area contributed by atoms with Gasteiger partial charge in [-0.15, -0.1) is 0 Å². The van der Waals surface area contributed by atoms with E-state index < -0.39 is 31.6 Å². The van der Waals surface area contributed by atoms with Gasteiger partial charge in [-0.2, -0.15) is 0 Å². The Labute approximate surface area is 129 Å². The smallest absolute Gasteiger partial charge is 0.371 e. The molecule has 1 atom stereocenters. The first-order chi connectivity index (χ1) is 9.61. The van der Waals surface area contributed by atoms with Gasteiger partial charge >= 0.3 is 5.97 Å². The van der Waals surface area contributed by atoms with Crippen LogP contribution in [-0.4, -0.2) is 46.0 Å².